The topological polar surface area (TPSA) is 0 Å². The Bertz CT molecular complexity index is 477. The van der Waals surface area contributed by atoms with Crippen molar-refractivity contribution in [2.45, 2.75) is 16.2 Å². The minimum absolute atomic E-state index is 1.06. The molecule has 19 heavy (non-hydrogen) atoms. The highest BCUT2D eigenvalue weighted by molar-refractivity contribution is 7.99. The summed E-state index contributed by atoms with van der Waals surface area (Å²) in [7, 11) is 0. The van der Waals surface area contributed by atoms with Crippen molar-refractivity contribution in [1.82, 2.24) is 0 Å². The van der Waals surface area contributed by atoms with E-state index in [0.29, 0.717) is 0 Å². The van der Waals surface area contributed by atoms with Gasteiger partial charge in [0.25, 0.3) is 0 Å². The first-order valence-corrected chi connectivity index (χ1v) is 8.43. The first kappa shape index (κ1) is 14.3. The average Bonchev–Trinajstić information content (AvgIpc) is 2.48. The molecule has 0 spiro atoms. The van der Waals surface area contributed by atoms with Crippen LogP contribution in [0.1, 0.15) is 6.42 Å². The van der Waals surface area contributed by atoms with Gasteiger partial charge in [0, 0.05) is 21.3 Å². The second-order valence-electron chi connectivity index (χ2n) is 4.05. The zero-order chi connectivity index (χ0) is 13.2. The molecule has 0 bridgehead atoms. The van der Waals surface area contributed by atoms with Crippen LogP contribution in [0.3, 0.4) is 0 Å². The highest BCUT2D eigenvalue weighted by Gasteiger charge is 1.91. The van der Waals surface area contributed by atoms with Crippen LogP contribution in [0.25, 0.3) is 0 Å². The Morgan fingerprint density at radius 2 is 1.26 bits per heavy atom. The predicted molar refractivity (Wildman–Crippen MR) is 88.1 cm³/mol. The first-order valence-electron chi connectivity index (χ1n) is 6.46. The van der Waals surface area contributed by atoms with Crippen molar-refractivity contribution in [3.05, 3.63) is 72.8 Å². The summed E-state index contributed by atoms with van der Waals surface area (Å²) in [6.45, 7) is 0. The molecule has 0 N–H and O–H groups in total. The molecule has 0 aromatic heterocycles. The van der Waals surface area contributed by atoms with E-state index in [-0.39, 0.29) is 0 Å². The van der Waals surface area contributed by atoms with E-state index in [1.54, 1.807) is 0 Å². The highest BCUT2D eigenvalue weighted by Crippen LogP contribution is 2.19. The number of benzene rings is 2. The van der Waals surface area contributed by atoms with Gasteiger partial charge in [0.2, 0.25) is 0 Å². The lowest BCUT2D eigenvalue weighted by Crippen LogP contribution is -1.77. The van der Waals surface area contributed by atoms with Crippen molar-refractivity contribution in [2.75, 3.05) is 11.5 Å². The lowest BCUT2D eigenvalue weighted by atomic mass is 10.4. The summed E-state index contributed by atoms with van der Waals surface area (Å²) >= 11 is 3.80. The molecule has 2 aromatic carbocycles. The van der Waals surface area contributed by atoms with Crippen LogP contribution in [0.4, 0.5) is 0 Å². The molecule has 2 aromatic rings. The number of allylic oxidation sites excluding steroid dienone is 1. The third-order valence-corrected chi connectivity index (χ3v) is 4.56. The van der Waals surface area contributed by atoms with E-state index in [4.69, 9.17) is 0 Å². The second-order valence-corrected chi connectivity index (χ2v) is 6.31. The minimum atomic E-state index is 1.06. The monoisotopic (exact) mass is 286 g/mol. The minimum Gasteiger partial charge on any atom is -0.126 e. The third-order valence-electron chi connectivity index (χ3n) is 2.55. The van der Waals surface area contributed by atoms with Crippen molar-refractivity contribution in [1.29, 1.82) is 0 Å². The summed E-state index contributed by atoms with van der Waals surface area (Å²) in [6.07, 6.45) is 5.68. The molecule has 0 heterocycles. The van der Waals surface area contributed by atoms with Gasteiger partial charge < -0.3 is 0 Å². The van der Waals surface area contributed by atoms with Gasteiger partial charge in [-0.15, -0.1) is 23.5 Å². The largest absolute Gasteiger partial charge is 0.126 e. The number of hydrogen-bond donors (Lipinski definition) is 0. The fraction of sp³-hybridized carbons (Fsp3) is 0.176. The zero-order valence-corrected chi connectivity index (χ0v) is 12.5. The summed E-state index contributed by atoms with van der Waals surface area (Å²) in [5, 5.41) is 0. The fourth-order valence-electron chi connectivity index (χ4n) is 1.61. The van der Waals surface area contributed by atoms with E-state index in [1.807, 2.05) is 23.5 Å². The van der Waals surface area contributed by atoms with Gasteiger partial charge >= 0.3 is 0 Å². The second kappa shape index (κ2) is 8.89. The number of thioether (sulfide) groups is 2. The molecule has 0 atom stereocenters. The Morgan fingerprint density at radius 3 is 1.89 bits per heavy atom. The van der Waals surface area contributed by atoms with E-state index < -0.39 is 0 Å². The van der Waals surface area contributed by atoms with Gasteiger partial charge in [0.15, 0.2) is 0 Å². The molecule has 0 saturated carbocycles. The smallest absolute Gasteiger partial charge is 0.0160 e. The Labute approximate surface area is 124 Å². The van der Waals surface area contributed by atoms with Crippen molar-refractivity contribution < 1.29 is 0 Å². The van der Waals surface area contributed by atoms with Crippen LogP contribution in [0, 0.1) is 0 Å². The van der Waals surface area contributed by atoms with Gasteiger partial charge in [-0.05, 0) is 30.7 Å². The molecule has 0 amide bonds. The summed E-state index contributed by atoms with van der Waals surface area (Å²) in [6, 6.07) is 21.1. The summed E-state index contributed by atoms with van der Waals surface area (Å²) < 4.78 is 0. The summed E-state index contributed by atoms with van der Waals surface area (Å²) in [5.74, 6) is 2.20. The van der Waals surface area contributed by atoms with Crippen molar-refractivity contribution in [3.8, 4) is 0 Å². The van der Waals surface area contributed by atoms with Crippen LogP contribution in [-0.4, -0.2) is 11.5 Å². The lowest BCUT2D eigenvalue weighted by Gasteiger charge is -1.98. The molecule has 0 radical (unpaired) electrons. The lowest BCUT2D eigenvalue weighted by molar-refractivity contribution is 1.23. The van der Waals surface area contributed by atoms with Crippen LogP contribution < -0.4 is 0 Å². The van der Waals surface area contributed by atoms with E-state index in [9.17, 15) is 0 Å². The molecule has 0 fully saturated rings. The number of rotatable bonds is 7. The van der Waals surface area contributed by atoms with Gasteiger partial charge in [-0.25, -0.2) is 0 Å². The van der Waals surface area contributed by atoms with Crippen molar-refractivity contribution in [3.63, 3.8) is 0 Å². The van der Waals surface area contributed by atoms with Crippen LogP contribution in [0.15, 0.2) is 82.6 Å². The molecular weight excluding hydrogens is 268 g/mol. The van der Waals surface area contributed by atoms with Crippen LogP contribution in [-0.2, 0) is 0 Å². The predicted octanol–water partition coefficient (Wildman–Crippen LogP) is 5.52. The van der Waals surface area contributed by atoms with E-state index in [2.05, 4.69) is 72.8 Å². The van der Waals surface area contributed by atoms with Gasteiger partial charge in [-0.1, -0.05) is 48.6 Å². The standard InChI is InChI=1S/C17H18S2/c1-4-10-16(11-5-1)18-14-8-3-9-15-19-17-12-6-2-7-13-17/h1-8,10-13H,9,14-15H2/b8-3+. The summed E-state index contributed by atoms with van der Waals surface area (Å²) in [4.78, 5) is 2.69. The Hall–Kier alpha value is -1.12. The maximum atomic E-state index is 2.28. The molecule has 0 aliphatic heterocycles. The SMILES string of the molecule is C(=C\CSc1ccccc1)/CCSc1ccccc1. The molecule has 0 aliphatic carbocycles. The first-order chi connectivity index (χ1) is 9.45. The van der Waals surface area contributed by atoms with E-state index in [1.165, 1.54) is 9.79 Å². The van der Waals surface area contributed by atoms with Gasteiger partial charge in [-0.2, -0.15) is 0 Å². The van der Waals surface area contributed by atoms with Gasteiger partial charge in [0.1, 0.15) is 0 Å². The Balaban J connectivity index is 1.57. The average molecular weight is 286 g/mol. The van der Waals surface area contributed by atoms with Gasteiger partial charge in [0.05, 0.1) is 0 Å². The Kier molecular flexibility index (Phi) is 6.69. The van der Waals surface area contributed by atoms with Crippen molar-refractivity contribution >= 4 is 23.5 Å². The maximum absolute atomic E-state index is 2.28. The fourth-order valence-corrected chi connectivity index (χ4v) is 3.22. The van der Waals surface area contributed by atoms with Crippen LogP contribution in [0.2, 0.25) is 0 Å². The molecule has 0 saturated heterocycles. The van der Waals surface area contributed by atoms with Crippen molar-refractivity contribution in [2.24, 2.45) is 0 Å². The molecule has 0 nitrogen and oxygen atoms in total. The third kappa shape index (κ3) is 6.04. The summed E-state index contributed by atoms with van der Waals surface area (Å²) in [5.41, 5.74) is 0. The van der Waals surface area contributed by atoms with Gasteiger partial charge in [-0.3, -0.25) is 0 Å². The molecule has 0 aliphatic rings. The highest BCUT2D eigenvalue weighted by atomic mass is 32.2. The molecule has 98 valence electrons. The molecular formula is C17H18S2. The van der Waals surface area contributed by atoms with Crippen LogP contribution >= 0.6 is 23.5 Å². The van der Waals surface area contributed by atoms with Crippen LogP contribution in [0.5, 0.6) is 0 Å². The van der Waals surface area contributed by atoms with E-state index in [0.717, 1.165) is 17.9 Å². The zero-order valence-electron chi connectivity index (χ0n) is 10.9. The van der Waals surface area contributed by atoms with E-state index >= 15 is 0 Å². The molecule has 0 unspecified atom stereocenters. The normalized spacial score (nSPS) is 10.9. The number of hydrogen-bond acceptors (Lipinski definition) is 2. The maximum Gasteiger partial charge on any atom is 0.0160 e. The molecule has 2 heteroatoms. The molecule has 2 rings (SSSR count). The Morgan fingerprint density at radius 1 is 0.684 bits per heavy atom. The quantitative estimate of drug-likeness (QED) is 0.373.